The summed E-state index contributed by atoms with van der Waals surface area (Å²) in [5, 5.41) is 9.59. The van der Waals surface area contributed by atoms with Crippen molar-refractivity contribution in [2.24, 2.45) is 0 Å². The van der Waals surface area contributed by atoms with Gasteiger partial charge in [0.2, 0.25) is 0 Å². The molecule has 0 aliphatic rings. The Labute approximate surface area is 93.7 Å². The van der Waals surface area contributed by atoms with Crippen molar-refractivity contribution in [3.8, 4) is 0 Å². The Bertz CT molecular complexity index is 476. The van der Waals surface area contributed by atoms with Crippen molar-refractivity contribution in [2.75, 3.05) is 0 Å². The second-order valence-electron chi connectivity index (χ2n) is 3.54. The molecule has 1 heterocycles. The molecule has 4 heteroatoms. The number of carbonyl (C=O) groups excluding carboxylic acids is 1. The number of hydrogen-bond donors (Lipinski definition) is 2. The summed E-state index contributed by atoms with van der Waals surface area (Å²) in [4.78, 5) is 11.7. The number of H-pyrrole nitrogens is 1. The van der Waals surface area contributed by atoms with Gasteiger partial charge in [-0.3, -0.25) is 9.89 Å². The highest BCUT2D eigenvalue weighted by atomic mass is 16.1. The van der Waals surface area contributed by atoms with Crippen LogP contribution in [-0.2, 0) is 6.54 Å². The Kier molecular flexibility index (Phi) is 3.00. The maximum absolute atomic E-state index is 11.7. The average molecular weight is 215 g/mol. The number of nitrogens with zero attached hydrogens (tertiary/aromatic N) is 1. The summed E-state index contributed by atoms with van der Waals surface area (Å²) < 4.78 is 0. The van der Waals surface area contributed by atoms with Gasteiger partial charge in [0.25, 0.3) is 5.91 Å². The predicted octanol–water partition coefficient (Wildman–Crippen LogP) is 1.65. The molecular formula is C12H13N3O. The van der Waals surface area contributed by atoms with Crippen LogP contribution >= 0.6 is 0 Å². The summed E-state index contributed by atoms with van der Waals surface area (Å²) in [7, 11) is 0. The highest BCUT2D eigenvalue weighted by Crippen LogP contribution is 2.03. The molecule has 0 atom stereocenters. The van der Waals surface area contributed by atoms with Gasteiger partial charge in [-0.25, -0.2) is 0 Å². The zero-order valence-electron chi connectivity index (χ0n) is 9.03. The van der Waals surface area contributed by atoms with E-state index in [4.69, 9.17) is 0 Å². The fourth-order valence-corrected chi connectivity index (χ4v) is 1.43. The van der Waals surface area contributed by atoms with Crippen LogP contribution < -0.4 is 5.32 Å². The van der Waals surface area contributed by atoms with Crippen molar-refractivity contribution in [2.45, 2.75) is 13.5 Å². The lowest BCUT2D eigenvalue weighted by molar-refractivity contribution is 0.0951. The van der Waals surface area contributed by atoms with Crippen molar-refractivity contribution in [1.82, 2.24) is 15.5 Å². The first-order valence-electron chi connectivity index (χ1n) is 5.10. The Balaban J connectivity index is 1.97. The smallest absolute Gasteiger partial charge is 0.251 e. The second kappa shape index (κ2) is 4.61. The largest absolute Gasteiger partial charge is 0.348 e. The number of amides is 1. The molecule has 0 unspecified atom stereocenters. The quantitative estimate of drug-likeness (QED) is 0.817. The number of hydrogen-bond acceptors (Lipinski definition) is 2. The normalized spacial score (nSPS) is 10.1. The predicted molar refractivity (Wildman–Crippen MR) is 60.9 cm³/mol. The first-order valence-corrected chi connectivity index (χ1v) is 5.10. The van der Waals surface area contributed by atoms with Gasteiger partial charge in [-0.1, -0.05) is 18.2 Å². The number of benzene rings is 1. The highest BCUT2D eigenvalue weighted by molar-refractivity contribution is 5.94. The van der Waals surface area contributed by atoms with Crippen LogP contribution in [0.2, 0.25) is 0 Å². The van der Waals surface area contributed by atoms with Gasteiger partial charge in [0.05, 0.1) is 5.69 Å². The number of aromatic nitrogens is 2. The lowest BCUT2D eigenvalue weighted by Crippen LogP contribution is -2.22. The SMILES string of the molecule is Cc1n[nH]cc1CNC(=O)c1ccccc1. The summed E-state index contributed by atoms with van der Waals surface area (Å²) in [6.45, 7) is 2.40. The minimum Gasteiger partial charge on any atom is -0.348 e. The summed E-state index contributed by atoms with van der Waals surface area (Å²) in [5.41, 5.74) is 2.58. The van der Waals surface area contributed by atoms with E-state index in [1.807, 2.05) is 25.1 Å². The summed E-state index contributed by atoms with van der Waals surface area (Å²) in [6, 6.07) is 9.15. The molecule has 2 aromatic rings. The minimum absolute atomic E-state index is 0.0683. The summed E-state index contributed by atoms with van der Waals surface area (Å²) >= 11 is 0. The van der Waals surface area contributed by atoms with Crippen molar-refractivity contribution in [3.05, 3.63) is 53.3 Å². The van der Waals surface area contributed by atoms with Gasteiger partial charge < -0.3 is 5.32 Å². The maximum Gasteiger partial charge on any atom is 0.251 e. The monoisotopic (exact) mass is 215 g/mol. The molecule has 16 heavy (non-hydrogen) atoms. The van der Waals surface area contributed by atoms with E-state index >= 15 is 0 Å². The zero-order chi connectivity index (χ0) is 11.4. The number of nitrogens with one attached hydrogen (secondary N) is 2. The Morgan fingerprint density at radius 3 is 2.75 bits per heavy atom. The van der Waals surface area contributed by atoms with Gasteiger partial charge in [-0.2, -0.15) is 5.10 Å². The Morgan fingerprint density at radius 2 is 2.12 bits per heavy atom. The van der Waals surface area contributed by atoms with E-state index in [0.29, 0.717) is 12.1 Å². The molecule has 0 aliphatic heterocycles. The Morgan fingerprint density at radius 1 is 1.38 bits per heavy atom. The van der Waals surface area contributed by atoms with Gasteiger partial charge in [0, 0.05) is 23.9 Å². The van der Waals surface area contributed by atoms with E-state index in [1.54, 1.807) is 18.3 Å². The third-order valence-corrected chi connectivity index (χ3v) is 2.41. The van der Waals surface area contributed by atoms with Crippen LogP contribution in [0.15, 0.2) is 36.5 Å². The molecule has 0 aliphatic carbocycles. The molecule has 0 spiro atoms. The van der Waals surface area contributed by atoms with Crippen molar-refractivity contribution < 1.29 is 4.79 Å². The molecule has 1 aromatic carbocycles. The number of aryl methyl sites for hydroxylation is 1. The van der Waals surface area contributed by atoms with Gasteiger partial charge >= 0.3 is 0 Å². The second-order valence-corrected chi connectivity index (χ2v) is 3.54. The maximum atomic E-state index is 11.7. The fourth-order valence-electron chi connectivity index (χ4n) is 1.43. The van der Waals surface area contributed by atoms with E-state index < -0.39 is 0 Å². The summed E-state index contributed by atoms with van der Waals surface area (Å²) in [5.74, 6) is -0.0683. The average Bonchev–Trinajstić information content (AvgIpc) is 2.73. The molecular weight excluding hydrogens is 202 g/mol. The number of rotatable bonds is 3. The molecule has 0 saturated heterocycles. The van der Waals surface area contributed by atoms with Gasteiger partial charge in [0.1, 0.15) is 0 Å². The standard InChI is InChI=1S/C12H13N3O/c1-9-11(8-14-15-9)7-13-12(16)10-5-3-2-4-6-10/h2-6,8H,7H2,1H3,(H,13,16)(H,14,15). The number of carbonyl (C=O) groups is 1. The van der Waals surface area contributed by atoms with Crippen LogP contribution in [0.25, 0.3) is 0 Å². The molecule has 4 nitrogen and oxygen atoms in total. The molecule has 2 N–H and O–H groups in total. The topological polar surface area (TPSA) is 57.8 Å². The van der Waals surface area contributed by atoms with Gasteiger partial charge in [0.15, 0.2) is 0 Å². The number of aromatic amines is 1. The highest BCUT2D eigenvalue weighted by Gasteiger charge is 2.05. The van der Waals surface area contributed by atoms with E-state index in [2.05, 4.69) is 15.5 Å². The minimum atomic E-state index is -0.0683. The molecule has 0 bridgehead atoms. The van der Waals surface area contributed by atoms with E-state index in [-0.39, 0.29) is 5.91 Å². The molecule has 82 valence electrons. The van der Waals surface area contributed by atoms with Crippen LogP contribution in [0.4, 0.5) is 0 Å². The lowest BCUT2D eigenvalue weighted by atomic mass is 10.2. The van der Waals surface area contributed by atoms with Crippen LogP contribution in [0, 0.1) is 6.92 Å². The molecule has 0 fully saturated rings. The third-order valence-electron chi connectivity index (χ3n) is 2.41. The van der Waals surface area contributed by atoms with Crippen molar-refractivity contribution in [1.29, 1.82) is 0 Å². The molecule has 0 radical (unpaired) electrons. The molecule has 1 aromatic heterocycles. The van der Waals surface area contributed by atoms with Crippen LogP contribution in [0.5, 0.6) is 0 Å². The first kappa shape index (κ1) is 10.4. The van der Waals surface area contributed by atoms with Gasteiger partial charge in [-0.15, -0.1) is 0 Å². The van der Waals surface area contributed by atoms with Gasteiger partial charge in [-0.05, 0) is 19.1 Å². The van der Waals surface area contributed by atoms with E-state index in [9.17, 15) is 4.79 Å². The molecule has 0 saturated carbocycles. The van der Waals surface area contributed by atoms with Crippen molar-refractivity contribution in [3.63, 3.8) is 0 Å². The van der Waals surface area contributed by atoms with E-state index in [0.717, 1.165) is 11.3 Å². The van der Waals surface area contributed by atoms with Crippen LogP contribution in [0.1, 0.15) is 21.6 Å². The molecule has 2 rings (SSSR count). The zero-order valence-corrected chi connectivity index (χ0v) is 9.03. The first-order chi connectivity index (χ1) is 7.77. The van der Waals surface area contributed by atoms with E-state index in [1.165, 1.54) is 0 Å². The van der Waals surface area contributed by atoms with Crippen molar-refractivity contribution >= 4 is 5.91 Å². The lowest BCUT2D eigenvalue weighted by Gasteiger charge is -2.03. The molecule has 1 amide bonds. The fraction of sp³-hybridized carbons (Fsp3) is 0.167. The summed E-state index contributed by atoms with van der Waals surface area (Å²) in [6.07, 6.45) is 1.79. The van der Waals surface area contributed by atoms with Crippen LogP contribution in [0.3, 0.4) is 0 Å². The Hall–Kier alpha value is -2.10. The third kappa shape index (κ3) is 2.28. The van der Waals surface area contributed by atoms with Crippen LogP contribution in [-0.4, -0.2) is 16.1 Å².